The van der Waals surface area contributed by atoms with Gasteiger partial charge < -0.3 is 14.8 Å². The lowest BCUT2D eigenvalue weighted by molar-refractivity contribution is 0.356. The summed E-state index contributed by atoms with van der Waals surface area (Å²) in [4.78, 5) is 8.22. The first kappa shape index (κ1) is 16.4. The van der Waals surface area contributed by atoms with E-state index in [1.165, 1.54) is 32.7 Å². The molecule has 0 unspecified atom stereocenters. The van der Waals surface area contributed by atoms with Gasteiger partial charge in [0.05, 0.1) is 19.7 Å². The van der Waals surface area contributed by atoms with Crippen molar-refractivity contribution in [3.8, 4) is 11.5 Å². The van der Waals surface area contributed by atoms with Crippen LogP contribution >= 0.6 is 15.9 Å². The van der Waals surface area contributed by atoms with E-state index < -0.39 is 11.6 Å². The first-order valence-electron chi connectivity index (χ1n) is 6.81. The second-order valence-electron chi connectivity index (χ2n) is 4.82. The van der Waals surface area contributed by atoms with Gasteiger partial charge in [-0.3, -0.25) is 0 Å². The molecule has 5 nitrogen and oxygen atoms in total. The minimum atomic E-state index is -0.742. The molecule has 3 rings (SSSR count). The Morgan fingerprint density at radius 2 is 1.58 bits per heavy atom. The van der Waals surface area contributed by atoms with Crippen LogP contribution in [-0.4, -0.2) is 24.2 Å². The van der Waals surface area contributed by atoms with Crippen LogP contribution < -0.4 is 14.8 Å². The highest BCUT2D eigenvalue weighted by atomic mass is 79.9. The minimum Gasteiger partial charge on any atom is -0.493 e. The van der Waals surface area contributed by atoms with Crippen LogP contribution in [0.3, 0.4) is 0 Å². The number of fused-ring (bicyclic) bond motifs is 1. The summed E-state index contributed by atoms with van der Waals surface area (Å²) in [5.74, 6) is -0.278. The number of ether oxygens (including phenoxy) is 2. The number of methoxy groups -OCH3 is 2. The smallest absolute Gasteiger partial charge is 0.162 e. The average molecular weight is 396 g/mol. The van der Waals surface area contributed by atoms with Gasteiger partial charge in [0.15, 0.2) is 23.1 Å². The van der Waals surface area contributed by atoms with Gasteiger partial charge in [-0.1, -0.05) is 15.9 Å². The molecule has 0 fully saturated rings. The van der Waals surface area contributed by atoms with E-state index in [9.17, 15) is 8.78 Å². The molecule has 0 aliphatic carbocycles. The molecule has 0 radical (unpaired) electrons. The van der Waals surface area contributed by atoms with Crippen molar-refractivity contribution < 1.29 is 18.3 Å². The Balaban J connectivity index is 2.14. The molecule has 0 aliphatic rings. The number of anilines is 2. The quantitative estimate of drug-likeness (QED) is 0.707. The summed E-state index contributed by atoms with van der Waals surface area (Å²) in [6.07, 6.45) is 1.30. The van der Waals surface area contributed by atoms with E-state index in [1.807, 2.05) is 0 Å². The molecule has 3 aromatic rings. The Morgan fingerprint density at radius 3 is 2.21 bits per heavy atom. The second-order valence-corrected chi connectivity index (χ2v) is 5.73. The first-order valence-corrected chi connectivity index (χ1v) is 7.61. The summed E-state index contributed by atoms with van der Waals surface area (Å²) in [5.41, 5.74) is 0.246. The largest absolute Gasteiger partial charge is 0.493 e. The van der Waals surface area contributed by atoms with Crippen LogP contribution in [0.25, 0.3) is 10.9 Å². The molecule has 0 atom stereocenters. The zero-order valence-electron chi connectivity index (χ0n) is 12.7. The maximum absolute atomic E-state index is 14.0. The van der Waals surface area contributed by atoms with E-state index in [-0.39, 0.29) is 11.5 Å². The van der Waals surface area contributed by atoms with Crippen molar-refractivity contribution in [2.45, 2.75) is 0 Å². The van der Waals surface area contributed by atoms with Crippen LogP contribution in [0.4, 0.5) is 20.3 Å². The molecule has 24 heavy (non-hydrogen) atoms. The number of nitrogens with one attached hydrogen (secondary N) is 1. The van der Waals surface area contributed by atoms with E-state index >= 15 is 0 Å². The van der Waals surface area contributed by atoms with Crippen LogP contribution in [0.2, 0.25) is 0 Å². The van der Waals surface area contributed by atoms with Gasteiger partial charge in [0.25, 0.3) is 0 Å². The highest BCUT2D eigenvalue weighted by Gasteiger charge is 2.15. The van der Waals surface area contributed by atoms with E-state index in [0.717, 1.165) is 0 Å². The van der Waals surface area contributed by atoms with Crippen LogP contribution in [-0.2, 0) is 0 Å². The summed E-state index contributed by atoms with van der Waals surface area (Å²) in [6.45, 7) is 0. The van der Waals surface area contributed by atoms with Crippen molar-refractivity contribution in [2.75, 3.05) is 19.5 Å². The lowest BCUT2D eigenvalue weighted by Gasteiger charge is -2.13. The number of hydrogen-bond donors (Lipinski definition) is 1. The lowest BCUT2D eigenvalue weighted by Crippen LogP contribution is -2.01. The summed E-state index contributed by atoms with van der Waals surface area (Å²) in [7, 11) is 3.01. The number of benzene rings is 2. The van der Waals surface area contributed by atoms with E-state index in [1.54, 1.807) is 12.1 Å². The Bertz CT molecular complexity index is 898. The number of halogens is 3. The van der Waals surface area contributed by atoms with Gasteiger partial charge in [-0.2, -0.15) is 0 Å². The molecule has 0 saturated heterocycles. The van der Waals surface area contributed by atoms with Gasteiger partial charge in [0, 0.05) is 15.9 Å². The zero-order chi connectivity index (χ0) is 17.3. The minimum absolute atomic E-state index is 0.251. The molecule has 0 amide bonds. The van der Waals surface area contributed by atoms with Gasteiger partial charge in [0.1, 0.15) is 17.8 Å². The normalized spacial score (nSPS) is 10.7. The molecule has 124 valence electrons. The molecule has 1 aromatic heterocycles. The fraction of sp³-hybridized carbons (Fsp3) is 0.125. The molecule has 2 aromatic carbocycles. The topological polar surface area (TPSA) is 56.3 Å². The Labute approximate surface area is 144 Å². The monoisotopic (exact) mass is 395 g/mol. The molecule has 1 N–H and O–H groups in total. The van der Waals surface area contributed by atoms with Gasteiger partial charge in [-0.05, 0) is 18.2 Å². The molecule has 8 heteroatoms. The zero-order valence-corrected chi connectivity index (χ0v) is 14.3. The van der Waals surface area contributed by atoms with Crippen molar-refractivity contribution in [1.29, 1.82) is 0 Å². The average Bonchev–Trinajstić information content (AvgIpc) is 2.56. The number of rotatable bonds is 4. The van der Waals surface area contributed by atoms with Crippen LogP contribution in [0, 0.1) is 11.6 Å². The van der Waals surface area contributed by atoms with E-state index in [4.69, 9.17) is 9.47 Å². The van der Waals surface area contributed by atoms with Crippen molar-refractivity contribution >= 4 is 38.3 Å². The molecule has 1 heterocycles. The van der Waals surface area contributed by atoms with Crippen molar-refractivity contribution in [3.63, 3.8) is 0 Å². The third-order valence-corrected chi connectivity index (χ3v) is 3.85. The Hall–Kier alpha value is -2.48. The third-order valence-electron chi connectivity index (χ3n) is 3.39. The summed E-state index contributed by atoms with van der Waals surface area (Å²) < 4.78 is 38.9. The molecular weight excluding hydrogens is 384 g/mol. The van der Waals surface area contributed by atoms with E-state index in [0.29, 0.717) is 26.9 Å². The van der Waals surface area contributed by atoms with Crippen molar-refractivity contribution in [3.05, 3.63) is 46.7 Å². The fourth-order valence-electron chi connectivity index (χ4n) is 2.26. The molecule has 0 saturated carbocycles. The van der Waals surface area contributed by atoms with Crippen molar-refractivity contribution in [1.82, 2.24) is 9.97 Å². The predicted molar refractivity (Wildman–Crippen MR) is 90.0 cm³/mol. The lowest BCUT2D eigenvalue weighted by atomic mass is 10.2. The summed E-state index contributed by atoms with van der Waals surface area (Å²) in [6, 6.07) is 5.64. The maximum Gasteiger partial charge on any atom is 0.162 e. The SMILES string of the molecule is COc1cc2ncnc(Nc3c(F)cc(Br)cc3F)c2cc1OC. The van der Waals surface area contributed by atoms with Crippen LogP contribution in [0.15, 0.2) is 35.1 Å². The van der Waals surface area contributed by atoms with Gasteiger partial charge >= 0.3 is 0 Å². The third kappa shape index (κ3) is 2.96. The highest BCUT2D eigenvalue weighted by molar-refractivity contribution is 9.10. The number of nitrogens with zero attached hydrogens (tertiary/aromatic N) is 2. The summed E-state index contributed by atoms with van der Waals surface area (Å²) >= 11 is 3.04. The molecule has 0 aliphatic heterocycles. The van der Waals surface area contributed by atoms with Crippen molar-refractivity contribution in [2.24, 2.45) is 0 Å². The molecular formula is C16H12BrF2N3O2. The second kappa shape index (κ2) is 6.56. The maximum atomic E-state index is 14.0. The van der Waals surface area contributed by atoms with Gasteiger partial charge in [-0.25, -0.2) is 18.7 Å². The van der Waals surface area contributed by atoms with Crippen LogP contribution in [0.1, 0.15) is 0 Å². The summed E-state index contributed by atoms with van der Waals surface area (Å²) in [5, 5.41) is 3.22. The standard InChI is InChI=1S/C16H12BrF2N3O2/c1-23-13-5-9-12(6-14(13)24-2)20-7-21-16(9)22-15-10(18)3-8(17)4-11(15)19/h3-7H,1-2H3,(H,20,21,22). The van der Waals surface area contributed by atoms with Gasteiger partial charge in [0.2, 0.25) is 0 Å². The van der Waals surface area contributed by atoms with Gasteiger partial charge in [-0.15, -0.1) is 0 Å². The number of hydrogen-bond acceptors (Lipinski definition) is 5. The Morgan fingerprint density at radius 1 is 0.958 bits per heavy atom. The van der Waals surface area contributed by atoms with E-state index in [2.05, 4.69) is 31.2 Å². The Kier molecular flexibility index (Phi) is 4.48. The first-order chi connectivity index (χ1) is 11.5. The molecule has 0 bridgehead atoms. The highest BCUT2D eigenvalue weighted by Crippen LogP contribution is 2.35. The number of aromatic nitrogens is 2. The molecule has 0 spiro atoms. The van der Waals surface area contributed by atoms with Crippen LogP contribution in [0.5, 0.6) is 11.5 Å². The predicted octanol–water partition coefficient (Wildman–Crippen LogP) is 4.43. The fourth-order valence-corrected chi connectivity index (χ4v) is 2.66.